The van der Waals surface area contributed by atoms with Gasteiger partial charge in [-0.25, -0.2) is 9.18 Å². The Morgan fingerprint density at radius 2 is 1.79 bits per heavy atom. The van der Waals surface area contributed by atoms with Gasteiger partial charge in [-0.15, -0.1) is 0 Å². The van der Waals surface area contributed by atoms with Gasteiger partial charge in [0, 0.05) is 6.92 Å². The highest BCUT2D eigenvalue weighted by Crippen LogP contribution is 2.44. The molecule has 0 aliphatic carbocycles. The van der Waals surface area contributed by atoms with Crippen molar-refractivity contribution in [3.63, 3.8) is 0 Å². The molecule has 1 aliphatic rings. The maximum atomic E-state index is 13.8. The smallest absolute Gasteiger partial charge is 0.331 e. The van der Waals surface area contributed by atoms with Crippen molar-refractivity contribution in [1.82, 2.24) is 14.9 Å². The molecule has 0 bridgehead atoms. The predicted molar refractivity (Wildman–Crippen MR) is 87.0 cm³/mol. The maximum Gasteiger partial charge on any atom is 0.425 e. The average Bonchev–Trinajstić information content (AvgIpc) is 2.86. The summed E-state index contributed by atoms with van der Waals surface area (Å²) in [6, 6.07) is 4.70. The minimum atomic E-state index is -5.38. The number of hydrogen-bond donors (Lipinski definition) is 3. The van der Waals surface area contributed by atoms with E-state index in [1.807, 2.05) is 5.32 Å². The van der Waals surface area contributed by atoms with Gasteiger partial charge in [-0.2, -0.15) is 13.2 Å². The van der Waals surface area contributed by atoms with Gasteiger partial charge in [-0.1, -0.05) is 12.1 Å². The van der Waals surface area contributed by atoms with Gasteiger partial charge >= 0.3 is 11.9 Å². The molecule has 0 saturated carbocycles. The zero-order valence-electron chi connectivity index (χ0n) is 14.1. The standard InChI is InChI=1S/C16H12F4N4O4/c1-7(25)23-15(16(18,19)20)10-11(21-13(15)27)24(14(28)22-12(10)26)6-8-2-4-9(17)5-3-8/h2-5H,6H2,1H3,(H,21,27)(H,23,25)(H,22,26,28). The monoisotopic (exact) mass is 400 g/mol. The van der Waals surface area contributed by atoms with Crippen molar-refractivity contribution in [3.8, 4) is 0 Å². The Labute approximate surface area is 153 Å². The third-order valence-electron chi connectivity index (χ3n) is 4.19. The third-order valence-corrected chi connectivity index (χ3v) is 4.19. The van der Waals surface area contributed by atoms with E-state index in [0.29, 0.717) is 10.1 Å². The number of hydrogen-bond acceptors (Lipinski definition) is 4. The lowest BCUT2D eigenvalue weighted by Crippen LogP contribution is -2.61. The second kappa shape index (κ2) is 6.32. The molecule has 28 heavy (non-hydrogen) atoms. The molecule has 2 amide bonds. The Hall–Kier alpha value is -3.44. The minimum Gasteiger partial charge on any atom is -0.331 e. The molecule has 1 unspecified atom stereocenters. The Morgan fingerprint density at radius 3 is 2.32 bits per heavy atom. The Kier molecular flexibility index (Phi) is 4.36. The molecule has 0 fully saturated rings. The summed E-state index contributed by atoms with van der Waals surface area (Å²) >= 11 is 0. The van der Waals surface area contributed by atoms with Crippen LogP contribution in [-0.4, -0.2) is 27.5 Å². The van der Waals surface area contributed by atoms with E-state index < -0.39 is 52.0 Å². The molecule has 12 heteroatoms. The van der Waals surface area contributed by atoms with Crippen molar-refractivity contribution in [2.75, 3.05) is 5.32 Å². The van der Waals surface area contributed by atoms with E-state index in [4.69, 9.17) is 0 Å². The molecular formula is C16H12F4N4O4. The zero-order chi connectivity index (χ0) is 20.9. The molecule has 1 aliphatic heterocycles. The van der Waals surface area contributed by atoms with Crippen LogP contribution in [0.5, 0.6) is 0 Å². The molecule has 148 valence electrons. The summed E-state index contributed by atoms with van der Waals surface area (Å²) in [5.74, 6) is -4.21. The number of nitrogens with zero attached hydrogens (tertiary/aromatic N) is 1. The quantitative estimate of drug-likeness (QED) is 0.654. The number of benzene rings is 1. The van der Waals surface area contributed by atoms with Crippen LogP contribution in [0.1, 0.15) is 18.1 Å². The molecule has 1 aromatic carbocycles. The number of H-pyrrole nitrogens is 1. The summed E-state index contributed by atoms with van der Waals surface area (Å²) in [6.45, 7) is 0.383. The van der Waals surface area contributed by atoms with E-state index in [-0.39, 0.29) is 6.54 Å². The van der Waals surface area contributed by atoms with Gasteiger partial charge in [0.25, 0.3) is 11.5 Å². The first-order valence-corrected chi connectivity index (χ1v) is 7.76. The Balaban J connectivity index is 2.27. The number of halogens is 4. The molecule has 2 heterocycles. The summed E-state index contributed by atoms with van der Waals surface area (Å²) in [5.41, 5.74) is -7.05. The van der Waals surface area contributed by atoms with Crippen LogP contribution in [0.3, 0.4) is 0 Å². The number of amides is 2. The highest BCUT2D eigenvalue weighted by Gasteiger charge is 2.68. The number of nitrogens with one attached hydrogen (secondary N) is 3. The van der Waals surface area contributed by atoms with Crippen LogP contribution in [0.4, 0.5) is 23.4 Å². The molecule has 2 aromatic rings. The number of anilines is 1. The first-order valence-electron chi connectivity index (χ1n) is 7.76. The number of carbonyl (C=O) groups is 2. The third kappa shape index (κ3) is 2.86. The Morgan fingerprint density at radius 1 is 1.18 bits per heavy atom. The van der Waals surface area contributed by atoms with Crippen LogP contribution in [0, 0.1) is 5.82 Å². The molecule has 0 saturated heterocycles. The van der Waals surface area contributed by atoms with Crippen molar-refractivity contribution in [2.45, 2.75) is 25.2 Å². The fourth-order valence-corrected chi connectivity index (χ4v) is 3.01. The van der Waals surface area contributed by atoms with Gasteiger partial charge in [-0.3, -0.25) is 23.9 Å². The normalized spacial score (nSPS) is 18.5. The molecule has 1 aromatic heterocycles. The van der Waals surface area contributed by atoms with Crippen LogP contribution in [0.25, 0.3) is 0 Å². The van der Waals surface area contributed by atoms with Crippen molar-refractivity contribution >= 4 is 17.6 Å². The van der Waals surface area contributed by atoms with Crippen LogP contribution in [0.15, 0.2) is 33.9 Å². The first-order chi connectivity index (χ1) is 13.0. The molecule has 3 rings (SSSR count). The summed E-state index contributed by atoms with van der Waals surface area (Å²) in [5, 5.41) is 3.38. The molecule has 8 nitrogen and oxygen atoms in total. The molecule has 0 spiro atoms. The fourth-order valence-electron chi connectivity index (χ4n) is 3.01. The van der Waals surface area contributed by atoms with Crippen LogP contribution < -0.4 is 21.9 Å². The average molecular weight is 400 g/mol. The first kappa shape index (κ1) is 19.3. The maximum absolute atomic E-state index is 13.8. The van der Waals surface area contributed by atoms with Gasteiger partial charge in [0.05, 0.1) is 6.54 Å². The number of carbonyl (C=O) groups excluding carboxylic acids is 2. The summed E-state index contributed by atoms with van der Waals surface area (Å²) in [6.07, 6.45) is -5.38. The number of aromatic amines is 1. The highest BCUT2D eigenvalue weighted by molar-refractivity contribution is 6.07. The molecule has 1 atom stereocenters. The zero-order valence-corrected chi connectivity index (χ0v) is 14.1. The summed E-state index contributed by atoms with van der Waals surface area (Å²) in [4.78, 5) is 49.8. The van der Waals surface area contributed by atoms with Crippen LogP contribution >= 0.6 is 0 Å². The summed E-state index contributed by atoms with van der Waals surface area (Å²) < 4.78 is 55.2. The molecule has 3 N–H and O–H groups in total. The highest BCUT2D eigenvalue weighted by atomic mass is 19.4. The van der Waals surface area contributed by atoms with Crippen LogP contribution in [-0.2, 0) is 21.7 Å². The fraction of sp³-hybridized carbons (Fsp3) is 0.250. The van der Waals surface area contributed by atoms with Crippen molar-refractivity contribution in [1.29, 1.82) is 0 Å². The van der Waals surface area contributed by atoms with E-state index in [1.165, 1.54) is 17.4 Å². The lowest BCUT2D eigenvalue weighted by molar-refractivity contribution is -0.200. The van der Waals surface area contributed by atoms with Gasteiger partial charge in [0.15, 0.2) is 0 Å². The van der Waals surface area contributed by atoms with Crippen molar-refractivity contribution < 1.29 is 27.2 Å². The van der Waals surface area contributed by atoms with Crippen molar-refractivity contribution in [2.24, 2.45) is 0 Å². The second-order valence-electron chi connectivity index (χ2n) is 6.08. The van der Waals surface area contributed by atoms with E-state index in [1.54, 1.807) is 4.98 Å². The Bertz CT molecular complexity index is 1090. The van der Waals surface area contributed by atoms with Crippen molar-refractivity contribution in [3.05, 3.63) is 62.0 Å². The lowest BCUT2D eigenvalue weighted by Gasteiger charge is -2.29. The van der Waals surface area contributed by atoms with E-state index in [0.717, 1.165) is 19.1 Å². The van der Waals surface area contributed by atoms with Gasteiger partial charge in [0.2, 0.25) is 11.4 Å². The number of rotatable bonds is 3. The lowest BCUT2D eigenvalue weighted by atomic mass is 9.92. The van der Waals surface area contributed by atoms with E-state index in [2.05, 4.69) is 0 Å². The number of aromatic nitrogens is 2. The topological polar surface area (TPSA) is 113 Å². The van der Waals surface area contributed by atoms with Gasteiger partial charge < -0.3 is 10.6 Å². The van der Waals surface area contributed by atoms with Gasteiger partial charge in [-0.05, 0) is 17.7 Å². The number of alkyl halides is 3. The van der Waals surface area contributed by atoms with Crippen LogP contribution in [0.2, 0.25) is 0 Å². The van der Waals surface area contributed by atoms with E-state index in [9.17, 15) is 36.7 Å². The largest absolute Gasteiger partial charge is 0.425 e. The van der Waals surface area contributed by atoms with E-state index >= 15 is 0 Å². The van der Waals surface area contributed by atoms with Gasteiger partial charge in [0.1, 0.15) is 17.2 Å². The number of fused-ring (bicyclic) bond motifs is 1. The second-order valence-corrected chi connectivity index (χ2v) is 6.08. The molecule has 0 radical (unpaired) electrons. The minimum absolute atomic E-state index is 0.316. The SMILES string of the molecule is CC(=O)NC1(C(F)(F)F)C(=O)Nc2c1c(=O)[nH]c(=O)n2Cc1ccc(F)cc1. The molecular weight excluding hydrogens is 388 g/mol. The predicted octanol–water partition coefficient (Wildman–Crippen LogP) is 0.570. The summed E-state index contributed by atoms with van der Waals surface area (Å²) in [7, 11) is 0.